The zero-order valence-electron chi connectivity index (χ0n) is 16.8. The van der Waals surface area contributed by atoms with Crippen LogP contribution >= 0.6 is 11.6 Å². The molecular weight excluding hydrogens is 430 g/mol. The molecule has 30 heavy (non-hydrogen) atoms. The lowest BCUT2D eigenvalue weighted by atomic mass is 10.2. The number of carbonyl (C=O) groups is 1. The second-order valence-corrected chi connectivity index (χ2v) is 8.83. The normalized spacial score (nSPS) is 11.8. The van der Waals surface area contributed by atoms with E-state index >= 15 is 0 Å². The van der Waals surface area contributed by atoms with Crippen molar-refractivity contribution in [3.05, 3.63) is 47.0 Å². The number of aryl methyl sites for hydroxylation is 1. The monoisotopic (exact) mass is 451 g/mol. The second-order valence-electron chi connectivity index (χ2n) is 6.49. The molecule has 1 aromatic heterocycles. The van der Waals surface area contributed by atoms with Gasteiger partial charge in [0, 0.05) is 23.8 Å². The molecule has 0 saturated heterocycles. The average molecular weight is 452 g/mol. The van der Waals surface area contributed by atoms with Crippen LogP contribution in [0.5, 0.6) is 0 Å². The number of rotatable bonds is 8. The maximum atomic E-state index is 12.8. The SMILES string of the molecule is CCN(CC)S(=O)(=O)c1ccc2nnn(OCC(=O)Nc3ccc(C)c(Cl)c3)c2c1. The van der Waals surface area contributed by atoms with Crippen LogP contribution in [0.3, 0.4) is 0 Å². The van der Waals surface area contributed by atoms with Gasteiger partial charge in [-0.2, -0.15) is 4.31 Å². The fraction of sp³-hybridized carbons (Fsp3) is 0.316. The Bertz CT molecular complexity index is 1170. The van der Waals surface area contributed by atoms with Gasteiger partial charge >= 0.3 is 0 Å². The third-order valence-electron chi connectivity index (χ3n) is 4.50. The predicted octanol–water partition coefficient (Wildman–Crippen LogP) is 2.49. The molecule has 0 aliphatic rings. The maximum Gasteiger partial charge on any atom is 0.265 e. The molecule has 160 valence electrons. The van der Waals surface area contributed by atoms with Crippen molar-refractivity contribution in [2.45, 2.75) is 25.7 Å². The molecule has 11 heteroatoms. The number of sulfonamides is 1. The highest BCUT2D eigenvalue weighted by Gasteiger charge is 2.23. The first-order chi connectivity index (χ1) is 14.3. The summed E-state index contributed by atoms with van der Waals surface area (Å²) in [5.41, 5.74) is 2.22. The van der Waals surface area contributed by atoms with Gasteiger partial charge in [-0.05, 0) is 48.0 Å². The van der Waals surface area contributed by atoms with Crippen molar-refractivity contribution in [1.29, 1.82) is 0 Å². The molecule has 0 fully saturated rings. The Morgan fingerprint density at radius 1 is 1.20 bits per heavy atom. The summed E-state index contributed by atoms with van der Waals surface area (Å²) in [4.78, 5) is 18.7. The van der Waals surface area contributed by atoms with Crippen LogP contribution in [0, 0.1) is 6.92 Å². The number of fused-ring (bicyclic) bond motifs is 1. The third kappa shape index (κ3) is 4.55. The van der Waals surface area contributed by atoms with Crippen molar-refractivity contribution in [2.75, 3.05) is 25.0 Å². The Morgan fingerprint density at radius 2 is 1.93 bits per heavy atom. The topological polar surface area (TPSA) is 106 Å². The molecule has 1 N–H and O–H groups in total. The number of nitrogens with one attached hydrogen (secondary N) is 1. The number of hydrogen-bond acceptors (Lipinski definition) is 6. The van der Waals surface area contributed by atoms with Crippen LogP contribution in [0.1, 0.15) is 19.4 Å². The van der Waals surface area contributed by atoms with Crippen LogP contribution in [0.4, 0.5) is 5.69 Å². The molecular formula is C19H22ClN5O4S. The van der Waals surface area contributed by atoms with Gasteiger partial charge in [0.1, 0.15) is 11.0 Å². The molecule has 0 aliphatic heterocycles. The minimum absolute atomic E-state index is 0.101. The number of anilines is 1. The second kappa shape index (κ2) is 8.99. The minimum Gasteiger partial charge on any atom is -0.385 e. The van der Waals surface area contributed by atoms with Gasteiger partial charge in [0.05, 0.1) is 4.90 Å². The Morgan fingerprint density at radius 3 is 2.60 bits per heavy atom. The number of amides is 1. The average Bonchev–Trinajstić information content (AvgIpc) is 3.12. The van der Waals surface area contributed by atoms with Crippen molar-refractivity contribution in [1.82, 2.24) is 19.5 Å². The number of benzene rings is 2. The maximum absolute atomic E-state index is 12.8. The zero-order chi connectivity index (χ0) is 21.9. The van der Waals surface area contributed by atoms with Gasteiger partial charge in [-0.3, -0.25) is 4.79 Å². The summed E-state index contributed by atoms with van der Waals surface area (Å²) < 4.78 is 26.9. The smallest absolute Gasteiger partial charge is 0.265 e. The molecule has 3 rings (SSSR count). The van der Waals surface area contributed by atoms with Crippen molar-refractivity contribution in [2.24, 2.45) is 0 Å². The summed E-state index contributed by atoms with van der Waals surface area (Å²) in [5.74, 6) is -0.425. The summed E-state index contributed by atoms with van der Waals surface area (Å²) in [6.07, 6.45) is 0. The van der Waals surface area contributed by atoms with Crippen LogP contribution in [-0.4, -0.2) is 53.5 Å². The van der Waals surface area contributed by atoms with Crippen molar-refractivity contribution in [3.63, 3.8) is 0 Å². The summed E-state index contributed by atoms with van der Waals surface area (Å²) in [7, 11) is -3.65. The van der Waals surface area contributed by atoms with Gasteiger partial charge < -0.3 is 10.2 Å². The van der Waals surface area contributed by atoms with E-state index in [2.05, 4.69) is 15.6 Å². The van der Waals surface area contributed by atoms with E-state index in [0.717, 1.165) is 10.4 Å². The number of carbonyl (C=O) groups excluding carboxylic acids is 1. The number of halogens is 1. The molecule has 0 unspecified atom stereocenters. The van der Waals surface area contributed by atoms with Crippen molar-refractivity contribution in [3.8, 4) is 0 Å². The van der Waals surface area contributed by atoms with E-state index in [1.54, 1.807) is 38.1 Å². The largest absolute Gasteiger partial charge is 0.385 e. The molecule has 0 bridgehead atoms. The molecule has 3 aromatic rings. The molecule has 0 saturated carbocycles. The van der Waals surface area contributed by atoms with Gasteiger partial charge in [0.15, 0.2) is 6.61 Å². The van der Waals surface area contributed by atoms with E-state index in [1.807, 2.05) is 6.92 Å². The van der Waals surface area contributed by atoms with E-state index in [-0.39, 0.29) is 11.5 Å². The lowest BCUT2D eigenvalue weighted by molar-refractivity contribution is -0.121. The Kier molecular flexibility index (Phi) is 6.59. The van der Waals surface area contributed by atoms with Gasteiger partial charge in [0.25, 0.3) is 5.91 Å². The number of aromatic nitrogens is 3. The molecule has 0 radical (unpaired) electrons. The molecule has 1 heterocycles. The number of nitrogens with zero attached hydrogens (tertiary/aromatic N) is 4. The molecule has 2 aromatic carbocycles. The summed E-state index contributed by atoms with van der Waals surface area (Å²) in [6.45, 7) is 5.77. The first-order valence-electron chi connectivity index (χ1n) is 9.31. The summed E-state index contributed by atoms with van der Waals surface area (Å²) in [5, 5.41) is 11.0. The first-order valence-corrected chi connectivity index (χ1v) is 11.1. The van der Waals surface area contributed by atoms with E-state index in [0.29, 0.717) is 34.8 Å². The Labute approximate surface area is 179 Å². The van der Waals surface area contributed by atoms with E-state index in [9.17, 15) is 13.2 Å². The van der Waals surface area contributed by atoms with Gasteiger partial charge in [-0.25, -0.2) is 8.42 Å². The Hall–Kier alpha value is -2.69. The molecule has 0 spiro atoms. The third-order valence-corrected chi connectivity index (χ3v) is 6.96. The van der Waals surface area contributed by atoms with E-state index in [1.165, 1.54) is 16.4 Å². The van der Waals surface area contributed by atoms with Crippen LogP contribution in [0.15, 0.2) is 41.3 Å². The zero-order valence-corrected chi connectivity index (χ0v) is 18.4. The van der Waals surface area contributed by atoms with Crippen LogP contribution in [0.25, 0.3) is 11.0 Å². The van der Waals surface area contributed by atoms with Crippen LogP contribution in [0.2, 0.25) is 5.02 Å². The van der Waals surface area contributed by atoms with Gasteiger partial charge in [-0.1, -0.05) is 36.4 Å². The van der Waals surface area contributed by atoms with Crippen LogP contribution in [-0.2, 0) is 14.8 Å². The highest BCUT2D eigenvalue weighted by Crippen LogP contribution is 2.21. The minimum atomic E-state index is -3.65. The summed E-state index contributed by atoms with van der Waals surface area (Å²) in [6, 6.07) is 9.62. The van der Waals surface area contributed by atoms with Gasteiger partial charge in [0.2, 0.25) is 10.0 Å². The quantitative estimate of drug-likeness (QED) is 0.564. The fourth-order valence-electron chi connectivity index (χ4n) is 2.83. The molecule has 9 nitrogen and oxygen atoms in total. The van der Waals surface area contributed by atoms with E-state index in [4.69, 9.17) is 16.4 Å². The molecule has 0 aliphatic carbocycles. The Balaban J connectivity index is 1.76. The van der Waals surface area contributed by atoms with Crippen molar-refractivity contribution >= 4 is 44.3 Å². The van der Waals surface area contributed by atoms with Gasteiger partial charge in [-0.15, -0.1) is 5.10 Å². The lowest BCUT2D eigenvalue weighted by Crippen LogP contribution is -2.30. The fourth-order valence-corrected chi connectivity index (χ4v) is 4.49. The highest BCUT2D eigenvalue weighted by atomic mass is 35.5. The lowest BCUT2D eigenvalue weighted by Gasteiger charge is -2.18. The molecule has 1 amide bonds. The predicted molar refractivity (Wildman–Crippen MR) is 114 cm³/mol. The summed E-state index contributed by atoms with van der Waals surface area (Å²) >= 11 is 6.06. The van der Waals surface area contributed by atoms with E-state index < -0.39 is 15.9 Å². The number of hydrogen-bond donors (Lipinski definition) is 1. The standard InChI is InChI=1S/C19H22ClN5O4S/c1-4-24(5-2)30(27,28)15-8-9-17-18(11-15)25(23-22-17)29-12-19(26)21-14-7-6-13(3)16(20)10-14/h6-11H,4-5,12H2,1-3H3,(H,21,26). The first kappa shape index (κ1) is 22.0. The van der Waals surface area contributed by atoms with Crippen molar-refractivity contribution < 1.29 is 18.0 Å². The molecule has 0 atom stereocenters. The highest BCUT2D eigenvalue weighted by molar-refractivity contribution is 7.89. The van der Waals surface area contributed by atoms with Crippen LogP contribution < -0.4 is 10.2 Å².